The average molecular weight is 284 g/mol. The van der Waals surface area contributed by atoms with E-state index in [1.54, 1.807) is 11.3 Å². The topological polar surface area (TPSA) is 31.4 Å². The van der Waals surface area contributed by atoms with Crippen LogP contribution in [-0.2, 0) is 6.54 Å². The lowest BCUT2D eigenvalue weighted by Gasteiger charge is -2.16. The molecule has 1 N–H and O–H groups in total. The lowest BCUT2D eigenvalue weighted by molar-refractivity contribution is 0.392. The summed E-state index contributed by atoms with van der Waals surface area (Å²) in [6.07, 6.45) is 4.50. The van der Waals surface area contributed by atoms with Crippen molar-refractivity contribution in [2.24, 2.45) is 0 Å². The van der Waals surface area contributed by atoms with E-state index in [-0.39, 0.29) is 0 Å². The number of thiazole rings is 1. The van der Waals surface area contributed by atoms with E-state index in [0.717, 1.165) is 31.3 Å². The standard InChI is InChI=1S/C14H28N4S/c1-5-18(6-2)14-16-12-13(19-14)11-15-9-7-8-10-17(3)4/h12,15H,5-11H2,1-4H3. The van der Waals surface area contributed by atoms with Crippen LogP contribution in [0.2, 0.25) is 0 Å². The van der Waals surface area contributed by atoms with E-state index >= 15 is 0 Å². The first-order valence-corrected chi connectivity index (χ1v) is 8.04. The second-order valence-corrected chi connectivity index (χ2v) is 6.06. The Kier molecular flexibility index (Phi) is 8.02. The molecule has 0 fully saturated rings. The van der Waals surface area contributed by atoms with Crippen molar-refractivity contribution in [3.8, 4) is 0 Å². The summed E-state index contributed by atoms with van der Waals surface area (Å²) in [4.78, 5) is 10.4. The molecule has 0 radical (unpaired) electrons. The van der Waals surface area contributed by atoms with Gasteiger partial charge < -0.3 is 15.1 Å². The summed E-state index contributed by atoms with van der Waals surface area (Å²) in [5.74, 6) is 0. The van der Waals surface area contributed by atoms with Gasteiger partial charge in [0.15, 0.2) is 5.13 Å². The van der Waals surface area contributed by atoms with Gasteiger partial charge in [-0.15, -0.1) is 11.3 Å². The number of nitrogens with one attached hydrogen (secondary N) is 1. The molecule has 0 atom stereocenters. The summed E-state index contributed by atoms with van der Waals surface area (Å²) in [5, 5.41) is 4.64. The molecule has 0 aromatic carbocycles. The molecule has 0 spiro atoms. The molecule has 1 rings (SSSR count). The molecule has 0 unspecified atom stereocenters. The number of hydrogen-bond donors (Lipinski definition) is 1. The monoisotopic (exact) mass is 284 g/mol. The van der Waals surface area contributed by atoms with Gasteiger partial charge in [-0.3, -0.25) is 0 Å². The van der Waals surface area contributed by atoms with Crippen molar-refractivity contribution in [3.05, 3.63) is 11.1 Å². The lowest BCUT2D eigenvalue weighted by Crippen LogP contribution is -2.21. The van der Waals surface area contributed by atoms with Gasteiger partial charge in [-0.1, -0.05) is 0 Å². The van der Waals surface area contributed by atoms with Crippen LogP contribution < -0.4 is 10.2 Å². The number of aromatic nitrogens is 1. The molecule has 1 aromatic rings. The molecule has 0 amide bonds. The molecule has 19 heavy (non-hydrogen) atoms. The maximum Gasteiger partial charge on any atom is 0.185 e. The predicted octanol–water partition coefficient (Wildman–Crippen LogP) is 2.42. The molecule has 110 valence electrons. The zero-order valence-corrected chi connectivity index (χ0v) is 13.6. The first kappa shape index (κ1) is 16.4. The molecular weight excluding hydrogens is 256 g/mol. The van der Waals surface area contributed by atoms with Gasteiger partial charge >= 0.3 is 0 Å². The Morgan fingerprint density at radius 3 is 2.58 bits per heavy atom. The van der Waals surface area contributed by atoms with E-state index in [1.807, 2.05) is 6.20 Å². The van der Waals surface area contributed by atoms with Gasteiger partial charge in [0.2, 0.25) is 0 Å². The predicted molar refractivity (Wildman–Crippen MR) is 85.2 cm³/mol. The van der Waals surface area contributed by atoms with E-state index in [1.165, 1.54) is 24.3 Å². The van der Waals surface area contributed by atoms with E-state index in [9.17, 15) is 0 Å². The molecule has 0 aliphatic carbocycles. The molecule has 0 saturated carbocycles. The fraction of sp³-hybridized carbons (Fsp3) is 0.786. The van der Waals surface area contributed by atoms with Gasteiger partial charge in [0.1, 0.15) is 0 Å². The van der Waals surface area contributed by atoms with E-state index < -0.39 is 0 Å². The fourth-order valence-electron chi connectivity index (χ4n) is 1.91. The minimum Gasteiger partial charge on any atom is -0.349 e. The highest BCUT2D eigenvalue weighted by molar-refractivity contribution is 7.15. The third kappa shape index (κ3) is 6.36. The van der Waals surface area contributed by atoms with Crippen LogP contribution >= 0.6 is 11.3 Å². The summed E-state index contributed by atoms with van der Waals surface area (Å²) >= 11 is 1.80. The van der Waals surface area contributed by atoms with Gasteiger partial charge in [-0.05, 0) is 53.9 Å². The Bertz CT molecular complexity index is 334. The Balaban J connectivity index is 2.19. The highest BCUT2D eigenvalue weighted by Crippen LogP contribution is 2.21. The minimum atomic E-state index is 0.945. The summed E-state index contributed by atoms with van der Waals surface area (Å²) in [6, 6.07) is 0. The van der Waals surface area contributed by atoms with Gasteiger partial charge in [0, 0.05) is 30.7 Å². The van der Waals surface area contributed by atoms with Crippen molar-refractivity contribution in [3.63, 3.8) is 0 Å². The third-order valence-corrected chi connectivity index (χ3v) is 4.14. The van der Waals surface area contributed by atoms with Crippen molar-refractivity contribution in [2.75, 3.05) is 45.2 Å². The quantitative estimate of drug-likeness (QED) is 0.669. The molecule has 1 aromatic heterocycles. The van der Waals surface area contributed by atoms with E-state index in [2.05, 4.69) is 48.0 Å². The first-order chi connectivity index (χ1) is 9.17. The van der Waals surface area contributed by atoms with Crippen LogP contribution in [-0.4, -0.2) is 50.2 Å². The van der Waals surface area contributed by atoms with Crippen LogP contribution in [0.25, 0.3) is 0 Å². The lowest BCUT2D eigenvalue weighted by atomic mass is 10.3. The van der Waals surface area contributed by atoms with Crippen molar-refractivity contribution >= 4 is 16.5 Å². The van der Waals surface area contributed by atoms with Crippen molar-refractivity contribution in [2.45, 2.75) is 33.2 Å². The second kappa shape index (κ2) is 9.28. The summed E-state index contributed by atoms with van der Waals surface area (Å²) in [7, 11) is 4.25. The third-order valence-electron chi connectivity index (χ3n) is 3.08. The molecule has 0 bridgehead atoms. The highest BCUT2D eigenvalue weighted by atomic mass is 32.1. The summed E-state index contributed by atoms with van der Waals surface area (Å²) in [6.45, 7) is 9.62. The zero-order valence-electron chi connectivity index (χ0n) is 12.8. The SMILES string of the molecule is CCN(CC)c1ncc(CNCCCCN(C)C)s1. The van der Waals surface area contributed by atoms with Crippen LogP contribution in [0.1, 0.15) is 31.6 Å². The average Bonchev–Trinajstić information content (AvgIpc) is 2.83. The molecule has 1 heterocycles. The maximum atomic E-state index is 4.49. The van der Waals surface area contributed by atoms with Crippen molar-refractivity contribution in [1.82, 2.24) is 15.2 Å². The van der Waals surface area contributed by atoms with Gasteiger partial charge in [0.05, 0.1) is 0 Å². The van der Waals surface area contributed by atoms with Crippen molar-refractivity contribution < 1.29 is 0 Å². The van der Waals surface area contributed by atoms with Gasteiger partial charge in [-0.25, -0.2) is 4.98 Å². The molecular formula is C14H28N4S. The Morgan fingerprint density at radius 1 is 1.21 bits per heavy atom. The fourth-order valence-corrected chi connectivity index (χ4v) is 2.92. The second-order valence-electron chi connectivity index (χ2n) is 4.97. The number of anilines is 1. The van der Waals surface area contributed by atoms with Crippen LogP contribution in [0.5, 0.6) is 0 Å². The van der Waals surface area contributed by atoms with Crippen molar-refractivity contribution in [1.29, 1.82) is 0 Å². The maximum absolute atomic E-state index is 4.49. The van der Waals surface area contributed by atoms with Crippen LogP contribution in [0.15, 0.2) is 6.20 Å². The van der Waals surface area contributed by atoms with Crippen LogP contribution in [0, 0.1) is 0 Å². The molecule has 5 heteroatoms. The Morgan fingerprint density at radius 2 is 1.95 bits per heavy atom. The zero-order chi connectivity index (χ0) is 14.1. The van der Waals surface area contributed by atoms with Gasteiger partial charge in [0.25, 0.3) is 0 Å². The number of hydrogen-bond acceptors (Lipinski definition) is 5. The van der Waals surface area contributed by atoms with Crippen LogP contribution in [0.3, 0.4) is 0 Å². The largest absolute Gasteiger partial charge is 0.349 e. The number of rotatable bonds is 10. The summed E-state index contributed by atoms with van der Waals surface area (Å²) < 4.78 is 0. The molecule has 0 aliphatic rings. The molecule has 0 saturated heterocycles. The van der Waals surface area contributed by atoms with Gasteiger partial charge in [-0.2, -0.15) is 0 Å². The smallest absolute Gasteiger partial charge is 0.185 e. The summed E-state index contributed by atoms with van der Waals surface area (Å²) in [5.41, 5.74) is 0. The van der Waals surface area contributed by atoms with Crippen LogP contribution in [0.4, 0.5) is 5.13 Å². The van der Waals surface area contributed by atoms with E-state index in [0.29, 0.717) is 0 Å². The normalized spacial score (nSPS) is 11.2. The highest BCUT2D eigenvalue weighted by Gasteiger charge is 2.07. The number of nitrogens with zero attached hydrogens (tertiary/aromatic N) is 3. The molecule has 0 aliphatic heterocycles. The Labute approximate surface area is 121 Å². The number of unbranched alkanes of at least 4 members (excludes halogenated alkanes) is 1. The Hall–Kier alpha value is -0.650. The first-order valence-electron chi connectivity index (χ1n) is 7.22. The molecule has 4 nitrogen and oxygen atoms in total. The minimum absolute atomic E-state index is 0.945. The van der Waals surface area contributed by atoms with E-state index in [4.69, 9.17) is 0 Å².